The molecule has 3 rings (SSSR count). The highest BCUT2D eigenvalue weighted by molar-refractivity contribution is 9.10. The molecule has 116 valence electrons. The molecule has 21 heavy (non-hydrogen) atoms. The van der Waals surface area contributed by atoms with Crippen molar-refractivity contribution in [2.75, 3.05) is 13.1 Å². The number of nitrogens with two attached hydrogens (primary N) is 1. The monoisotopic (exact) mass is 370 g/mol. The Balaban J connectivity index is 1.87. The zero-order valence-electron chi connectivity index (χ0n) is 12.4. The van der Waals surface area contributed by atoms with Crippen LogP contribution in [-0.2, 0) is 0 Å². The Labute approximate surface area is 141 Å². The molecule has 1 saturated carbocycles. The number of hydrogen-bond donors (Lipinski definition) is 1. The lowest BCUT2D eigenvalue weighted by Crippen LogP contribution is -2.50. The zero-order chi connectivity index (χ0) is 14.8. The molecular formula is C17H24BrClN2. The minimum absolute atomic E-state index is 0.261. The lowest BCUT2D eigenvalue weighted by molar-refractivity contribution is 0.0276. The van der Waals surface area contributed by atoms with Crippen molar-refractivity contribution in [1.82, 2.24) is 4.90 Å². The largest absolute Gasteiger partial charge is 0.329 e. The van der Waals surface area contributed by atoms with E-state index in [1.165, 1.54) is 44.1 Å². The molecule has 4 heteroatoms. The van der Waals surface area contributed by atoms with Gasteiger partial charge in [-0.25, -0.2) is 0 Å². The lowest BCUT2D eigenvalue weighted by atomic mass is 9.77. The minimum Gasteiger partial charge on any atom is -0.329 e. The SMILES string of the molecule is NCC(c1ccc(Br)cc1Cl)N1CCCC2CCCCC21. The van der Waals surface area contributed by atoms with Gasteiger partial charge in [0.1, 0.15) is 0 Å². The van der Waals surface area contributed by atoms with E-state index in [2.05, 4.69) is 33.0 Å². The van der Waals surface area contributed by atoms with Crippen molar-refractivity contribution in [3.05, 3.63) is 33.3 Å². The van der Waals surface area contributed by atoms with Gasteiger partial charge >= 0.3 is 0 Å². The molecule has 2 aliphatic rings. The molecule has 1 heterocycles. The molecule has 0 spiro atoms. The van der Waals surface area contributed by atoms with Gasteiger partial charge in [0, 0.05) is 28.1 Å². The third kappa shape index (κ3) is 3.31. The summed E-state index contributed by atoms with van der Waals surface area (Å²) in [6, 6.07) is 7.17. The average molecular weight is 372 g/mol. The van der Waals surface area contributed by atoms with E-state index in [9.17, 15) is 0 Å². The Morgan fingerprint density at radius 1 is 1.24 bits per heavy atom. The minimum atomic E-state index is 0.261. The quantitative estimate of drug-likeness (QED) is 0.830. The Morgan fingerprint density at radius 3 is 2.76 bits per heavy atom. The van der Waals surface area contributed by atoms with Crippen LogP contribution in [0.3, 0.4) is 0 Å². The predicted octanol–water partition coefficient (Wildman–Crippen LogP) is 4.76. The molecule has 3 unspecified atom stereocenters. The van der Waals surface area contributed by atoms with Gasteiger partial charge in [0.15, 0.2) is 0 Å². The molecule has 2 fully saturated rings. The fraction of sp³-hybridized carbons (Fsp3) is 0.647. The van der Waals surface area contributed by atoms with Gasteiger partial charge in [0.2, 0.25) is 0 Å². The first-order valence-electron chi connectivity index (χ1n) is 8.11. The van der Waals surface area contributed by atoms with Crippen LogP contribution in [-0.4, -0.2) is 24.0 Å². The number of hydrogen-bond acceptors (Lipinski definition) is 2. The lowest BCUT2D eigenvalue weighted by Gasteiger charge is -2.47. The summed E-state index contributed by atoms with van der Waals surface area (Å²) in [6.07, 6.45) is 8.19. The van der Waals surface area contributed by atoms with Gasteiger partial charge in [-0.2, -0.15) is 0 Å². The van der Waals surface area contributed by atoms with Gasteiger partial charge in [-0.1, -0.05) is 46.4 Å². The van der Waals surface area contributed by atoms with Crippen LogP contribution < -0.4 is 5.73 Å². The fourth-order valence-corrected chi connectivity index (χ4v) is 5.06. The molecular weight excluding hydrogens is 348 g/mol. The number of halogens is 2. The highest BCUT2D eigenvalue weighted by atomic mass is 79.9. The number of fused-ring (bicyclic) bond motifs is 1. The van der Waals surface area contributed by atoms with E-state index in [1.54, 1.807) is 0 Å². The molecule has 0 bridgehead atoms. The molecule has 0 radical (unpaired) electrons. The van der Waals surface area contributed by atoms with Crippen molar-refractivity contribution >= 4 is 27.5 Å². The predicted molar refractivity (Wildman–Crippen MR) is 92.6 cm³/mol. The van der Waals surface area contributed by atoms with Crippen molar-refractivity contribution in [3.63, 3.8) is 0 Å². The second-order valence-corrected chi connectivity index (χ2v) is 7.73. The molecule has 1 saturated heterocycles. The summed E-state index contributed by atoms with van der Waals surface area (Å²) in [5, 5.41) is 0.831. The topological polar surface area (TPSA) is 29.3 Å². The number of likely N-dealkylation sites (tertiary alicyclic amines) is 1. The van der Waals surface area contributed by atoms with E-state index in [4.69, 9.17) is 17.3 Å². The zero-order valence-corrected chi connectivity index (χ0v) is 14.7. The Kier molecular flexibility index (Phi) is 5.26. The Bertz CT molecular complexity index is 492. The summed E-state index contributed by atoms with van der Waals surface area (Å²) < 4.78 is 1.03. The molecule has 3 atom stereocenters. The van der Waals surface area contributed by atoms with Crippen LogP contribution in [0.15, 0.2) is 22.7 Å². The van der Waals surface area contributed by atoms with Crippen LogP contribution in [0.1, 0.15) is 50.1 Å². The first-order valence-corrected chi connectivity index (χ1v) is 9.28. The molecule has 1 aromatic carbocycles. The van der Waals surface area contributed by atoms with Gasteiger partial charge in [0.05, 0.1) is 0 Å². The van der Waals surface area contributed by atoms with E-state index < -0.39 is 0 Å². The summed E-state index contributed by atoms with van der Waals surface area (Å²) in [6.45, 7) is 1.81. The standard InChI is InChI=1S/C17H24BrClN2/c18-13-7-8-14(15(19)10-13)17(11-20)21-9-3-5-12-4-1-2-6-16(12)21/h7-8,10,12,16-17H,1-6,9,11,20H2. The summed E-state index contributed by atoms with van der Waals surface area (Å²) >= 11 is 9.97. The van der Waals surface area contributed by atoms with Crippen molar-refractivity contribution in [1.29, 1.82) is 0 Å². The van der Waals surface area contributed by atoms with Crippen LogP contribution in [0, 0.1) is 5.92 Å². The third-order valence-corrected chi connectivity index (χ3v) is 6.05. The first kappa shape index (κ1) is 15.8. The van der Waals surface area contributed by atoms with Crippen molar-refractivity contribution in [2.24, 2.45) is 11.7 Å². The Morgan fingerprint density at radius 2 is 2.00 bits per heavy atom. The summed E-state index contributed by atoms with van der Waals surface area (Å²) in [5.41, 5.74) is 7.34. The highest BCUT2D eigenvalue weighted by Gasteiger charge is 2.37. The molecule has 1 aliphatic carbocycles. The number of benzene rings is 1. The summed E-state index contributed by atoms with van der Waals surface area (Å²) in [7, 11) is 0. The maximum atomic E-state index is 6.49. The number of rotatable bonds is 3. The van der Waals surface area contributed by atoms with Gasteiger partial charge < -0.3 is 5.73 Å². The highest BCUT2D eigenvalue weighted by Crippen LogP contribution is 2.40. The van der Waals surface area contributed by atoms with Gasteiger partial charge in [0.25, 0.3) is 0 Å². The maximum Gasteiger partial charge on any atom is 0.0488 e. The molecule has 2 N–H and O–H groups in total. The van der Waals surface area contributed by atoms with Crippen LogP contribution in [0.5, 0.6) is 0 Å². The van der Waals surface area contributed by atoms with Crippen molar-refractivity contribution in [3.8, 4) is 0 Å². The first-order chi connectivity index (χ1) is 10.2. The van der Waals surface area contributed by atoms with E-state index in [-0.39, 0.29) is 6.04 Å². The number of nitrogens with zero attached hydrogens (tertiary/aromatic N) is 1. The molecule has 1 aromatic rings. The maximum absolute atomic E-state index is 6.49. The third-order valence-electron chi connectivity index (χ3n) is 5.23. The van der Waals surface area contributed by atoms with E-state index in [0.717, 1.165) is 22.0 Å². The van der Waals surface area contributed by atoms with E-state index in [0.29, 0.717) is 12.6 Å². The van der Waals surface area contributed by atoms with Crippen molar-refractivity contribution < 1.29 is 0 Å². The average Bonchev–Trinajstić information content (AvgIpc) is 2.50. The normalized spacial score (nSPS) is 28.1. The van der Waals surface area contributed by atoms with Gasteiger partial charge in [-0.05, 0) is 55.8 Å². The summed E-state index contributed by atoms with van der Waals surface area (Å²) in [5.74, 6) is 0.871. The van der Waals surface area contributed by atoms with Gasteiger partial charge in [-0.3, -0.25) is 4.90 Å². The molecule has 0 amide bonds. The molecule has 1 aliphatic heterocycles. The van der Waals surface area contributed by atoms with Crippen LogP contribution in [0.25, 0.3) is 0 Å². The van der Waals surface area contributed by atoms with Crippen LogP contribution in [0.4, 0.5) is 0 Å². The number of piperidine rings is 1. The van der Waals surface area contributed by atoms with Crippen LogP contribution >= 0.6 is 27.5 Å². The summed E-state index contributed by atoms with van der Waals surface area (Å²) in [4.78, 5) is 2.66. The Hall–Kier alpha value is -0.0900. The van der Waals surface area contributed by atoms with Crippen molar-refractivity contribution in [2.45, 2.75) is 50.6 Å². The second-order valence-electron chi connectivity index (χ2n) is 6.41. The van der Waals surface area contributed by atoms with Crippen LogP contribution in [0.2, 0.25) is 5.02 Å². The second kappa shape index (κ2) is 6.99. The smallest absolute Gasteiger partial charge is 0.0488 e. The molecule has 0 aromatic heterocycles. The molecule has 2 nitrogen and oxygen atoms in total. The van der Waals surface area contributed by atoms with E-state index >= 15 is 0 Å². The van der Waals surface area contributed by atoms with E-state index in [1.807, 2.05) is 6.07 Å². The van der Waals surface area contributed by atoms with Gasteiger partial charge in [-0.15, -0.1) is 0 Å². The fourth-order valence-electron chi connectivity index (χ4n) is 4.26.